The van der Waals surface area contributed by atoms with Crippen molar-refractivity contribution in [2.45, 2.75) is 12.8 Å². The van der Waals surface area contributed by atoms with Crippen LogP contribution in [0.4, 0.5) is 5.69 Å². The van der Waals surface area contributed by atoms with E-state index in [1.54, 1.807) is 0 Å². The topological polar surface area (TPSA) is 27.6 Å². The van der Waals surface area contributed by atoms with Gasteiger partial charge in [0.05, 0.1) is 12.9 Å². The maximum Gasteiger partial charge on any atom is 0.0895 e. The molecule has 0 aliphatic carbocycles. The SMILES string of the molecule is C1=NCCN1c1cccc(CC2CCNC2)c1. The van der Waals surface area contributed by atoms with E-state index in [2.05, 4.69) is 39.5 Å². The predicted molar refractivity (Wildman–Crippen MR) is 71.8 cm³/mol. The molecule has 0 saturated carbocycles. The molecule has 1 aromatic carbocycles. The van der Waals surface area contributed by atoms with Crippen LogP contribution in [0.25, 0.3) is 0 Å². The van der Waals surface area contributed by atoms with Gasteiger partial charge in [0.1, 0.15) is 0 Å². The molecule has 0 radical (unpaired) electrons. The van der Waals surface area contributed by atoms with Crippen molar-refractivity contribution in [1.29, 1.82) is 0 Å². The summed E-state index contributed by atoms with van der Waals surface area (Å²) in [6.45, 7) is 4.31. The number of hydrogen-bond acceptors (Lipinski definition) is 3. The fourth-order valence-electron chi connectivity index (χ4n) is 2.66. The fourth-order valence-corrected chi connectivity index (χ4v) is 2.66. The van der Waals surface area contributed by atoms with Gasteiger partial charge in [-0.25, -0.2) is 0 Å². The van der Waals surface area contributed by atoms with E-state index in [9.17, 15) is 0 Å². The summed E-state index contributed by atoms with van der Waals surface area (Å²) in [5, 5.41) is 3.43. The first-order valence-electron chi connectivity index (χ1n) is 6.48. The lowest BCUT2D eigenvalue weighted by molar-refractivity contribution is 0.580. The van der Waals surface area contributed by atoms with Crippen molar-refractivity contribution in [2.75, 3.05) is 31.1 Å². The minimum absolute atomic E-state index is 0.817. The van der Waals surface area contributed by atoms with Crippen molar-refractivity contribution in [3.05, 3.63) is 29.8 Å². The summed E-state index contributed by atoms with van der Waals surface area (Å²) >= 11 is 0. The summed E-state index contributed by atoms with van der Waals surface area (Å²) in [6.07, 6.45) is 4.47. The number of rotatable bonds is 3. The highest BCUT2D eigenvalue weighted by Gasteiger charge is 2.15. The van der Waals surface area contributed by atoms with Crippen LogP contribution in [0.3, 0.4) is 0 Å². The zero-order chi connectivity index (χ0) is 11.5. The molecule has 1 fully saturated rings. The molecule has 0 aromatic heterocycles. The first-order valence-corrected chi connectivity index (χ1v) is 6.48. The third-order valence-electron chi connectivity index (χ3n) is 3.62. The van der Waals surface area contributed by atoms with Gasteiger partial charge in [-0.15, -0.1) is 0 Å². The summed E-state index contributed by atoms with van der Waals surface area (Å²) < 4.78 is 0. The first kappa shape index (κ1) is 10.8. The zero-order valence-corrected chi connectivity index (χ0v) is 10.1. The van der Waals surface area contributed by atoms with E-state index < -0.39 is 0 Å². The standard InChI is InChI=1S/C14H19N3/c1-2-12(8-13-4-5-15-10-13)9-14(3-1)17-7-6-16-11-17/h1-3,9,11,13,15H,4-8,10H2. The van der Waals surface area contributed by atoms with Crippen LogP contribution < -0.4 is 10.2 Å². The van der Waals surface area contributed by atoms with Gasteiger partial charge in [0.15, 0.2) is 0 Å². The van der Waals surface area contributed by atoms with Gasteiger partial charge in [0, 0.05) is 12.2 Å². The Balaban J connectivity index is 1.71. The summed E-state index contributed by atoms with van der Waals surface area (Å²) in [5.41, 5.74) is 2.74. The summed E-state index contributed by atoms with van der Waals surface area (Å²) in [6, 6.07) is 8.90. The van der Waals surface area contributed by atoms with E-state index in [0.29, 0.717) is 0 Å². The molecule has 90 valence electrons. The fraction of sp³-hybridized carbons (Fsp3) is 0.500. The molecule has 1 atom stereocenters. The van der Waals surface area contributed by atoms with Crippen LogP contribution in [0.5, 0.6) is 0 Å². The predicted octanol–water partition coefficient (Wildman–Crippen LogP) is 1.69. The van der Waals surface area contributed by atoms with Gasteiger partial charge >= 0.3 is 0 Å². The molecule has 1 aromatic rings. The average Bonchev–Trinajstić information content (AvgIpc) is 3.01. The average molecular weight is 229 g/mol. The molecule has 3 nitrogen and oxygen atoms in total. The number of benzene rings is 1. The Morgan fingerprint density at radius 3 is 3.18 bits per heavy atom. The number of aliphatic imine (C=N–C) groups is 1. The van der Waals surface area contributed by atoms with E-state index in [-0.39, 0.29) is 0 Å². The second kappa shape index (κ2) is 4.88. The Morgan fingerprint density at radius 1 is 1.41 bits per heavy atom. The van der Waals surface area contributed by atoms with E-state index in [4.69, 9.17) is 0 Å². The highest BCUT2D eigenvalue weighted by Crippen LogP contribution is 2.20. The van der Waals surface area contributed by atoms with Crippen molar-refractivity contribution < 1.29 is 0 Å². The molecule has 3 rings (SSSR count). The summed E-state index contributed by atoms with van der Waals surface area (Å²) in [5.74, 6) is 0.817. The highest BCUT2D eigenvalue weighted by atomic mass is 15.2. The third kappa shape index (κ3) is 2.50. The Bertz CT molecular complexity index is 408. The maximum absolute atomic E-state index is 4.27. The quantitative estimate of drug-likeness (QED) is 0.854. The van der Waals surface area contributed by atoms with Crippen molar-refractivity contribution in [3.8, 4) is 0 Å². The molecule has 0 spiro atoms. The van der Waals surface area contributed by atoms with Crippen LogP contribution in [-0.2, 0) is 6.42 Å². The van der Waals surface area contributed by atoms with Gasteiger partial charge in [-0.2, -0.15) is 0 Å². The van der Waals surface area contributed by atoms with E-state index >= 15 is 0 Å². The minimum atomic E-state index is 0.817. The van der Waals surface area contributed by atoms with Crippen molar-refractivity contribution in [3.63, 3.8) is 0 Å². The highest BCUT2D eigenvalue weighted by molar-refractivity contribution is 5.81. The Morgan fingerprint density at radius 2 is 2.41 bits per heavy atom. The molecule has 1 saturated heterocycles. The monoisotopic (exact) mass is 229 g/mol. The Kier molecular flexibility index (Phi) is 3.10. The van der Waals surface area contributed by atoms with Crippen LogP contribution in [0.15, 0.2) is 29.3 Å². The second-order valence-electron chi connectivity index (χ2n) is 4.95. The molecule has 0 bridgehead atoms. The number of nitrogens with zero attached hydrogens (tertiary/aromatic N) is 2. The number of nitrogens with one attached hydrogen (secondary N) is 1. The molecule has 2 heterocycles. The summed E-state index contributed by atoms with van der Waals surface area (Å²) in [4.78, 5) is 6.50. The van der Waals surface area contributed by atoms with Crippen molar-refractivity contribution in [1.82, 2.24) is 5.32 Å². The largest absolute Gasteiger partial charge is 0.331 e. The van der Waals surface area contributed by atoms with Crippen molar-refractivity contribution >= 4 is 12.0 Å². The normalized spacial score (nSPS) is 23.5. The number of hydrogen-bond donors (Lipinski definition) is 1. The van der Waals surface area contributed by atoms with Crippen molar-refractivity contribution in [2.24, 2.45) is 10.9 Å². The Hall–Kier alpha value is -1.35. The minimum Gasteiger partial charge on any atom is -0.331 e. The van der Waals surface area contributed by atoms with Gasteiger partial charge in [-0.1, -0.05) is 12.1 Å². The summed E-state index contributed by atoms with van der Waals surface area (Å²) in [7, 11) is 0. The zero-order valence-electron chi connectivity index (χ0n) is 10.1. The van der Waals surface area contributed by atoms with Gasteiger partial charge < -0.3 is 10.2 Å². The molecule has 2 aliphatic heterocycles. The lowest BCUT2D eigenvalue weighted by atomic mass is 9.98. The van der Waals surface area contributed by atoms with Gasteiger partial charge in [-0.3, -0.25) is 4.99 Å². The third-order valence-corrected chi connectivity index (χ3v) is 3.62. The molecule has 3 heteroatoms. The van der Waals surface area contributed by atoms with Crippen LogP contribution in [-0.4, -0.2) is 32.5 Å². The first-order chi connectivity index (χ1) is 8.42. The molecule has 0 amide bonds. The smallest absolute Gasteiger partial charge is 0.0895 e. The van der Waals surface area contributed by atoms with Crippen LogP contribution >= 0.6 is 0 Å². The van der Waals surface area contributed by atoms with Gasteiger partial charge in [0.2, 0.25) is 0 Å². The second-order valence-corrected chi connectivity index (χ2v) is 4.95. The lowest BCUT2D eigenvalue weighted by Gasteiger charge is -2.16. The van der Waals surface area contributed by atoms with Crippen LogP contribution in [0.1, 0.15) is 12.0 Å². The Labute approximate surface area is 103 Å². The van der Waals surface area contributed by atoms with Gasteiger partial charge in [-0.05, 0) is 49.5 Å². The van der Waals surface area contributed by atoms with Gasteiger partial charge in [0.25, 0.3) is 0 Å². The van der Waals surface area contributed by atoms with E-state index in [1.807, 2.05) is 6.34 Å². The molecule has 1 N–H and O–H groups in total. The molecule has 1 unspecified atom stereocenters. The van der Waals surface area contributed by atoms with Crippen LogP contribution in [0, 0.1) is 5.92 Å². The van der Waals surface area contributed by atoms with E-state index in [1.165, 1.54) is 37.2 Å². The molecule has 17 heavy (non-hydrogen) atoms. The molecular weight excluding hydrogens is 210 g/mol. The maximum atomic E-state index is 4.27. The van der Waals surface area contributed by atoms with E-state index in [0.717, 1.165) is 19.0 Å². The molecule has 2 aliphatic rings. The lowest BCUT2D eigenvalue weighted by Crippen LogP contribution is -2.18. The van der Waals surface area contributed by atoms with Crippen LogP contribution in [0.2, 0.25) is 0 Å². The molecular formula is C14H19N3. The number of anilines is 1.